The number of carbonyl (C=O) groups is 1. The van der Waals surface area contributed by atoms with Gasteiger partial charge in [-0.15, -0.1) is 0 Å². The van der Waals surface area contributed by atoms with Crippen LogP contribution < -0.4 is 0 Å². The number of alkyl halides is 1. The lowest BCUT2D eigenvalue weighted by Gasteiger charge is -2.09. The summed E-state index contributed by atoms with van der Waals surface area (Å²) in [7, 11) is 0. The van der Waals surface area contributed by atoms with Crippen molar-refractivity contribution in [1.82, 2.24) is 0 Å². The molecule has 2 heteroatoms. The average Bonchev–Trinajstić information content (AvgIpc) is 2.27. The Kier molecular flexibility index (Phi) is 4.33. The molecule has 1 atom stereocenters. The smallest absolute Gasteiger partial charge is 0.127 e. The Labute approximate surface area is 93.7 Å². The summed E-state index contributed by atoms with van der Waals surface area (Å²) in [6, 6.07) is 6.38. The van der Waals surface area contributed by atoms with Crippen LogP contribution in [0.25, 0.3) is 0 Å². The summed E-state index contributed by atoms with van der Waals surface area (Å²) in [5.41, 5.74) is 3.66. The van der Waals surface area contributed by atoms with Crippen molar-refractivity contribution in [1.29, 1.82) is 0 Å². The number of benzene rings is 1. The molecule has 0 N–H and O–H groups in total. The molecule has 1 unspecified atom stereocenters. The minimum Gasteiger partial charge on any atom is -0.303 e. The summed E-state index contributed by atoms with van der Waals surface area (Å²) >= 11 is 3.44. The Hall–Kier alpha value is -0.630. The predicted molar refractivity (Wildman–Crippen MR) is 62.9 cm³/mol. The first-order chi connectivity index (χ1) is 6.71. The lowest BCUT2D eigenvalue weighted by molar-refractivity contribution is -0.108. The maximum atomic E-state index is 10.7. The fraction of sp³-hybridized carbons (Fsp3) is 0.417. The van der Waals surface area contributed by atoms with Crippen molar-refractivity contribution in [3.05, 3.63) is 34.9 Å². The van der Waals surface area contributed by atoms with Gasteiger partial charge in [-0.1, -0.05) is 48.0 Å². The zero-order valence-electron chi connectivity index (χ0n) is 8.59. The van der Waals surface area contributed by atoms with Gasteiger partial charge in [0.25, 0.3) is 0 Å². The number of aldehydes is 1. The van der Waals surface area contributed by atoms with Gasteiger partial charge in [-0.2, -0.15) is 0 Å². The third-order valence-corrected chi connectivity index (χ3v) is 3.01. The van der Waals surface area contributed by atoms with Crippen molar-refractivity contribution < 1.29 is 4.79 Å². The highest BCUT2D eigenvalue weighted by molar-refractivity contribution is 9.08. The normalized spacial score (nSPS) is 12.5. The van der Waals surface area contributed by atoms with E-state index < -0.39 is 0 Å². The number of hydrogen-bond acceptors (Lipinski definition) is 1. The van der Waals surface area contributed by atoms with E-state index in [1.54, 1.807) is 0 Å². The molecular formula is C12H15BrO. The molecule has 76 valence electrons. The van der Waals surface area contributed by atoms with Crippen LogP contribution in [0.15, 0.2) is 18.2 Å². The summed E-state index contributed by atoms with van der Waals surface area (Å²) in [4.78, 5) is 10.7. The van der Waals surface area contributed by atoms with Gasteiger partial charge in [-0.3, -0.25) is 0 Å². The number of aryl methyl sites for hydroxylation is 1. The zero-order valence-corrected chi connectivity index (χ0v) is 10.2. The van der Waals surface area contributed by atoms with Gasteiger partial charge in [-0.25, -0.2) is 0 Å². The van der Waals surface area contributed by atoms with Gasteiger partial charge in [0.15, 0.2) is 0 Å². The van der Waals surface area contributed by atoms with Crippen LogP contribution in [0.2, 0.25) is 0 Å². The van der Waals surface area contributed by atoms with E-state index in [2.05, 4.69) is 41.1 Å². The Morgan fingerprint density at radius 2 is 2.00 bits per heavy atom. The third kappa shape index (κ3) is 2.68. The van der Waals surface area contributed by atoms with Crippen LogP contribution in [0, 0.1) is 0 Å². The Balaban J connectivity index is 3.09. The van der Waals surface area contributed by atoms with Gasteiger partial charge < -0.3 is 4.79 Å². The molecule has 0 heterocycles. The summed E-state index contributed by atoms with van der Waals surface area (Å²) in [6.45, 7) is 4.06. The lowest BCUT2D eigenvalue weighted by Crippen LogP contribution is -1.97. The maximum Gasteiger partial charge on any atom is 0.127 e. The quantitative estimate of drug-likeness (QED) is 0.595. The maximum absolute atomic E-state index is 10.7. The predicted octanol–water partition coefficient (Wildman–Crippen LogP) is 3.45. The van der Waals surface area contributed by atoms with Gasteiger partial charge in [0.2, 0.25) is 0 Å². The van der Waals surface area contributed by atoms with Crippen molar-refractivity contribution in [3.8, 4) is 0 Å². The second kappa shape index (κ2) is 5.30. The first-order valence-corrected chi connectivity index (χ1v) is 5.97. The van der Waals surface area contributed by atoms with Crippen LogP contribution in [0.4, 0.5) is 0 Å². The van der Waals surface area contributed by atoms with Gasteiger partial charge in [-0.05, 0) is 23.1 Å². The van der Waals surface area contributed by atoms with E-state index in [4.69, 9.17) is 0 Å². The van der Waals surface area contributed by atoms with Gasteiger partial charge in [0.1, 0.15) is 6.29 Å². The highest BCUT2D eigenvalue weighted by Crippen LogP contribution is 2.19. The fourth-order valence-corrected chi connectivity index (χ4v) is 1.74. The Bertz CT molecular complexity index is 298. The summed E-state index contributed by atoms with van der Waals surface area (Å²) in [6.07, 6.45) is 2.01. The van der Waals surface area contributed by atoms with Crippen molar-refractivity contribution in [3.63, 3.8) is 0 Å². The van der Waals surface area contributed by atoms with E-state index in [1.807, 2.05) is 6.92 Å². The van der Waals surface area contributed by atoms with Crippen molar-refractivity contribution >= 4 is 22.2 Å². The molecular weight excluding hydrogens is 240 g/mol. The zero-order chi connectivity index (χ0) is 10.6. The number of hydrogen-bond donors (Lipinski definition) is 0. The molecule has 0 saturated heterocycles. The van der Waals surface area contributed by atoms with Crippen LogP contribution in [0.3, 0.4) is 0 Å². The fourth-order valence-electron chi connectivity index (χ4n) is 1.41. The standard InChI is InChI=1S/C12H15BrO/c1-3-10-4-11(7-13)6-12(5-10)9(2)8-14/h4-6,8-9H,3,7H2,1-2H3. The van der Waals surface area contributed by atoms with E-state index in [-0.39, 0.29) is 5.92 Å². The van der Waals surface area contributed by atoms with Crippen LogP contribution in [0.5, 0.6) is 0 Å². The molecule has 1 rings (SSSR count). The molecule has 0 aliphatic carbocycles. The van der Waals surface area contributed by atoms with E-state index in [9.17, 15) is 4.79 Å². The van der Waals surface area contributed by atoms with Crippen LogP contribution in [-0.4, -0.2) is 6.29 Å². The highest BCUT2D eigenvalue weighted by atomic mass is 79.9. The number of halogens is 1. The SMILES string of the molecule is CCc1cc(CBr)cc(C(C)C=O)c1. The topological polar surface area (TPSA) is 17.1 Å². The molecule has 0 bridgehead atoms. The molecule has 14 heavy (non-hydrogen) atoms. The molecule has 0 radical (unpaired) electrons. The van der Waals surface area contributed by atoms with Gasteiger partial charge >= 0.3 is 0 Å². The molecule has 1 aromatic carbocycles. The van der Waals surface area contributed by atoms with E-state index in [0.717, 1.165) is 23.6 Å². The number of rotatable bonds is 4. The number of carbonyl (C=O) groups excluding carboxylic acids is 1. The Morgan fingerprint density at radius 3 is 2.50 bits per heavy atom. The summed E-state index contributed by atoms with van der Waals surface area (Å²) in [5, 5.41) is 0.847. The Morgan fingerprint density at radius 1 is 1.36 bits per heavy atom. The van der Waals surface area contributed by atoms with Crippen LogP contribution in [-0.2, 0) is 16.5 Å². The van der Waals surface area contributed by atoms with E-state index in [1.165, 1.54) is 11.1 Å². The van der Waals surface area contributed by atoms with Crippen LogP contribution in [0.1, 0.15) is 36.5 Å². The second-order valence-corrected chi connectivity index (χ2v) is 4.06. The largest absolute Gasteiger partial charge is 0.303 e. The van der Waals surface area contributed by atoms with Crippen molar-refractivity contribution in [2.24, 2.45) is 0 Å². The van der Waals surface area contributed by atoms with Crippen molar-refractivity contribution in [2.45, 2.75) is 31.5 Å². The molecule has 0 aromatic heterocycles. The first-order valence-electron chi connectivity index (χ1n) is 4.85. The van der Waals surface area contributed by atoms with E-state index in [0.29, 0.717) is 0 Å². The lowest BCUT2D eigenvalue weighted by atomic mass is 9.97. The van der Waals surface area contributed by atoms with Gasteiger partial charge in [0, 0.05) is 11.2 Å². The second-order valence-electron chi connectivity index (χ2n) is 3.49. The molecule has 0 aliphatic rings. The van der Waals surface area contributed by atoms with Crippen LogP contribution >= 0.6 is 15.9 Å². The van der Waals surface area contributed by atoms with E-state index >= 15 is 0 Å². The minimum absolute atomic E-state index is 0.000648. The molecule has 0 saturated carbocycles. The monoisotopic (exact) mass is 254 g/mol. The molecule has 1 nitrogen and oxygen atoms in total. The average molecular weight is 255 g/mol. The highest BCUT2D eigenvalue weighted by Gasteiger charge is 2.06. The van der Waals surface area contributed by atoms with Gasteiger partial charge in [0.05, 0.1) is 0 Å². The molecule has 0 spiro atoms. The molecule has 0 fully saturated rings. The third-order valence-electron chi connectivity index (χ3n) is 2.37. The first kappa shape index (κ1) is 11.4. The molecule has 0 amide bonds. The summed E-state index contributed by atoms with van der Waals surface area (Å²) < 4.78 is 0. The summed E-state index contributed by atoms with van der Waals surface area (Å²) in [5.74, 6) is -0.000648. The van der Waals surface area contributed by atoms with Crippen molar-refractivity contribution in [2.75, 3.05) is 0 Å². The minimum atomic E-state index is -0.000648. The molecule has 0 aliphatic heterocycles. The molecule has 1 aromatic rings.